The Kier molecular flexibility index (Phi) is 13.7. The highest BCUT2D eigenvalue weighted by Crippen LogP contribution is 2.20. The van der Waals surface area contributed by atoms with Gasteiger partial charge in [0.15, 0.2) is 0 Å². The summed E-state index contributed by atoms with van der Waals surface area (Å²) >= 11 is 0. The highest BCUT2D eigenvalue weighted by atomic mass is 16.6. The number of benzene rings is 5. The summed E-state index contributed by atoms with van der Waals surface area (Å²) in [5, 5.41) is 7.89. The van der Waals surface area contributed by atoms with Gasteiger partial charge in [0, 0.05) is 39.3 Å². The number of fused-ring (bicyclic) bond motifs is 1. The Bertz CT molecular complexity index is 2010. The van der Waals surface area contributed by atoms with Crippen molar-refractivity contribution in [3.63, 3.8) is 0 Å². The maximum atomic E-state index is 14.3. The van der Waals surface area contributed by atoms with Gasteiger partial charge in [-0.25, -0.2) is 24.1 Å². The number of hydrogen-bond donors (Lipinski definition) is 2. The van der Waals surface area contributed by atoms with E-state index in [2.05, 4.69) is 16.7 Å². The van der Waals surface area contributed by atoms with Crippen LogP contribution in [0.5, 0.6) is 0 Å². The molecule has 0 unspecified atom stereocenters. The number of amides is 6. The molecule has 1 aliphatic rings. The summed E-state index contributed by atoms with van der Waals surface area (Å²) in [5.74, 6) is 0. The highest BCUT2D eigenvalue weighted by Gasteiger charge is 2.35. The van der Waals surface area contributed by atoms with Gasteiger partial charge in [-0.05, 0) is 58.4 Å². The number of hydrogen-bond acceptors (Lipinski definition) is 6. The summed E-state index contributed by atoms with van der Waals surface area (Å²) in [4.78, 5) is 58.5. The van der Waals surface area contributed by atoms with Crippen LogP contribution in [0.1, 0.15) is 35.1 Å². The van der Waals surface area contributed by atoms with Crippen LogP contribution in [0.15, 0.2) is 133 Å². The van der Waals surface area contributed by atoms with E-state index >= 15 is 0 Å². The molecule has 0 radical (unpaired) electrons. The number of carbonyl (C=O) groups excluding carboxylic acids is 4. The number of nitrogens with one attached hydrogen (secondary N) is 2. The van der Waals surface area contributed by atoms with Crippen molar-refractivity contribution in [1.82, 2.24) is 25.3 Å². The molecular weight excluding hydrogens is 695 g/mol. The van der Waals surface area contributed by atoms with E-state index in [4.69, 9.17) is 9.47 Å². The molecule has 0 bridgehead atoms. The predicted molar refractivity (Wildman–Crippen MR) is 211 cm³/mol. The SMILES string of the molecule is O=C(NCCCN1C(=O)N(Cc2ccc3ccccc3c2)CCN(C[C@H](CCc2ccccc2)NC(=O)OCc2ccccc2)C1=O)OCc1ccccc1. The first-order valence-corrected chi connectivity index (χ1v) is 18.7. The number of aryl methyl sites for hydroxylation is 1. The lowest BCUT2D eigenvalue weighted by molar-refractivity contribution is 0.128. The number of alkyl carbamates (subject to hydrolysis) is 2. The molecule has 55 heavy (non-hydrogen) atoms. The molecule has 6 rings (SSSR count). The molecule has 1 aliphatic heterocycles. The zero-order chi connectivity index (χ0) is 38.2. The molecule has 1 saturated heterocycles. The summed E-state index contributed by atoms with van der Waals surface area (Å²) in [6.07, 6.45) is 0.355. The van der Waals surface area contributed by atoms with Gasteiger partial charge in [0.25, 0.3) is 0 Å². The largest absolute Gasteiger partial charge is 0.445 e. The topological polar surface area (TPSA) is 121 Å². The highest BCUT2D eigenvalue weighted by molar-refractivity contribution is 5.94. The fraction of sp³-hybridized carbons (Fsp3) is 0.273. The molecular formula is C44H47N5O6. The van der Waals surface area contributed by atoms with Crippen LogP contribution < -0.4 is 10.6 Å². The third kappa shape index (κ3) is 11.6. The van der Waals surface area contributed by atoms with E-state index in [0.717, 1.165) is 33.0 Å². The number of carbonyl (C=O) groups is 4. The molecule has 0 spiro atoms. The molecule has 11 heteroatoms. The van der Waals surface area contributed by atoms with Crippen molar-refractivity contribution in [2.24, 2.45) is 0 Å². The minimum absolute atomic E-state index is 0.0720. The smallest absolute Gasteiger partial charge is 0.407 e. The maximum absolute atomic E-state index is 14.3. The zero-order valence-electron chi connectivity index (χ0n) is 30.8. The second kappa shape index (κ2) is 19.6. The minimum atomic E-state index is -0.583. The Morgan fingerprint density at radius 3 is 1.85 bits per heavy atom. The van der Waals surface area contributed by atoms with Crippen molar-refractivity contribution in [3.8, 4) is 0 Å². The van der Waals surface area contributed by atoms with Gasteiger partial charge in [0.2, 0.25) is 0 Å². The summed E-state index contributed by atoms with van der Waals surface area (Å²) < 4.78 is 10.9. The third-order valence-corrected chi connectivity index (χ3v) is 9.47. The summed E-state index contributed by atoms with van der Waals surface area (Å²) in [7, 11) is 0. The normalized spacial score (nSPS) is 13.6. The molecule has 6 amide bonds. The molecule has 0 aliphatic carbocycles. The van der Waals surface area contributed by atoms with E-state index in [0.29, 0.717) is 32.4 Å². The number of urea groups is 2. The van der Waals surface area contributed by atoms with Gasteiger partial charge in [-0.3, -0.25) is 0 Å². The summed E-state index contributed by atoms with van der Waals surface area (Å²) in [6, 6.07) is 41.6. The van der Waals surface area contributed by atoms with Gasteiger partial charge in [-0.2, -0.15) is 0 Å². The van der Waals surface area contributed by atoms with Crippen LogP contribution in [0.25, 0.3) is 10.8 Å². The van der Waals surface area contributed by atoms with Crippen molar-refractivity contribution in [2.45, 2.75) is 45.1 Å². The molecule has 1 heterocycles. The van der Waals surface area contributed by atoms with Crippen LogP contribution in [0.2, 0.25) is 0 Å². The van der Waals surface area contributed by atoms with E-state index in [1.54, 1.807) is 9.80 Å². The summed E-state index contributed by atoms with van der Waals surface area (Å²) in [6.45, 7) is 1.56. The molecule has 0 aromatic heterocycles. The van der Waals surface area contributed by atoms with Gasteiger partial charge in [0.05, 0.1) is 6.04 Å². The second-order valence-electron chi connectivity index (χ2n) is 13.5. The number of ether oxygens (including phenoxy) is 2. The minimum Gasteiger partial charge on any atom is -0.445 e. The molecule has 284 valence electrons. The van der Waals surface area contributed by atoms with Crippen molar-refractivity contribution < 1.29 is 28.7 Å². The average molecular weight is 742 g/mol. The van der Waals surface area contributed by atoms with E-state index in [9.17, 15) is 19.2 Å². The van der Waals surface area contributed by atoms with Crippen LogP contribution >= 0.6 is 0 Å². The molecule has 11 nitrogen and oxygen atoms in total. The van der Waals surface area contributed by atoms with Crippen molar-refractivity contribution in [1.29, 1.82) is 0 Å². The fourth-order valence-electron chi connectivity index (χ4n) is 6.51. The van der Waals surface area contributed by atoms with Gasteiger partial charge >= 0.3 is 24.2 Å². The lowest BCUT2D eigenvalue weighted by Gasteiger charge is -2.30. The fourth-order valence-corrected chi connectivity index (χ4v) is 6.51. The standard InChI is InChI=1S/C44H47N5O6/c50-41(54-32-35-15-6-2-7-16-35)45-25-12-26-49-43(52)47(30-37-21-23-38-19-10-11-20-39(38)29-37)27-28-48(44(49)53)31-40(24-22-34-13-4-1-5-14-34)46-42(51)55-33-36-17-8-3-9-18-36/h1-11,13-21,23,29,40H,12,22,24-28,30-33H2,(H,45,50)(H,46,51)/t40-/m0/s1. The van der Waals surface area contributed by atoms with Crippen molar-refractivity contribution >= 4 is 35.0 Å². The van der Waals surface area contributed by atoms with Crippen LogP contribution in [-0.2, 0) is 35.7 Å². The first kappa shape index (κ1) is 38.4. The Labute approximate surface area is 321 Å². The molecule has 1 atom stereocenters. The van der Waals surface area contributed by atoms with Crippen LogP contribution in [-0.4, -0.2) is 77.7 Å². The first-order chi connectivity index (χ1) is 26.9. The quantitative estimate of drug-likeness (QED) is 0.0999. The van der Waals surface area contributed by atoms with E-state index in [-0.39, 0.29) is 39.4 Å². The van der Waals surface area contributed by atoms with E-state index in [1.807, 2.05) is 127 Å². The van der Waals surface area contributed by atoms with Crippen molar-refractivity contribution in [3.05, 3.63) is 156 Å². The average Bonchev–Trinajstić information content (AvgIpc) is 3.32. The molecule has 5 aromatic rings. The predicted octanol–water partition coefficient (Wildman–Crippen LogP) is 7.74. The molecule has 2 N–H and O–H groups in total. The van der Waals surface area contributed by atoms with E-state index < -0.39 is 30.3 Å². The Hall–Kier alpha value is -6.36. The number of rotatable bonds is 16. The zero-order valence-corrected chi connectivity index (χ0v) is 30.8. The first-order valence-electron chi connectivity index (χ1n) is 18.7. The molecule has 0 saturated carbocycles. The lowest BCUT2D eigenvalue weighted by Crippen LogP contribution is -2.51. The number of nitrogens with zero attached hydrogens (tertiary/aromatic N) is 3. The Morgan fingerprint density at radius 2 is 1.18 bits per heavy atom. The van der Waals surface area contributed by atoms with Crippen LogP contribution in [0.4, 0.5) is 19.2 Å². The van der Waals surface area contributed by atoms with Gasteiger partial charge in [-0.15, -0.1) is 0 Å². The number of imide groups is 1. The van der Waals surface area contributed by atoms with Crippen LogP contribution in [0, 0.1) is 0 Å². The van der Waals surface area contributed by atoms with Gasteiger partial charge < -0.3 is 29.9 Å². The molecule has 5 aromatic carbocycles. The van der Waals surface area contributed by atoms with Crippen LogP contribution in [0.3, 0.4) is 0 Å². The second-order valence-corrected chi connectivity index (χ2v) is 13.5. The van der Waals surface area contributed by atoms with Crippen molar-refractivity contribution in [2.75, 3.05) is 32.7 Å². The maximum Gasteiger partial charge on any atom is 0.407 e. The Morgan fingerprint density at radius 1 is 0.618 bits per heavy atom. The third-order valence-electron chi connectivity index (χ3n) is 9.47. The monoisotopic (exact) mass is 741 g/mol. The Balaban J connectivity index is 1.14. The summed E-state index contributed by atoms with van der Waals surface area (Å²) in [5.41, 5.74) is 3.77. The lowest BCUT2D eigenvalue weighted by atomic mass is 10.0. The van der Waals surface area contributed by atoms with E-state index in [1.165, 1.54) is 4.90 Å². The molecule has 1 fully saturated rings. The van der Waals surface area contributed by atoms with Gasteiger partial charge in [-0.1, -0.05) is 127 Å². The van der Waals surface area contributed by atoms with Gasteiger partial charge in [0.1, 0.15) is 13.2 Å².